The summed E-state index contributed by atoms with van der Waals surface area (Å²) in [5, 5.41) is 0. The fraction of sp³-hybridized carbons (Fsp3) is 0.571. The number of rotatable bonds is 6. The van der Waals surface area contributed by atoms with Gasteiger partial charge in [0.05, 0.1) is 0 Å². The van der Waals surface area contributed by atoms with Crippen LogP contribution < -0.4 is 4.74 Å². The summed E-state index contributed by atoms with van der Waals surface area (Å²) in [7, 11) is 0. The molecule has 1 nitrogen and oxygen atoms in total. The Labute approximate surface area is 123 Å². The van der Waals surface area contributed by atoms with Crippen LogP contribution in [0, 0.1) is 35.0 Å². The van der Waals surface area contributed by atoms with Crippen molar-refractivity contribution in [1.82, 2.24) is 0 Å². The number of ether oxygens (including phenoxy) is 1. The van der Waals surface area contributed by atoms with Gasteiger partial charge >= 0.3 is 0 Å². The fourth-order valence-electron chi connectivity index (χ4n) is 1.85. The van der Waals surface area contributed by atoms with E-state index in [1.165, 1.54) is 20.8 Å². The van der Waals surface area contributed by atoms with Gasteiger partial charge < -0.3 is 4.74 Å². The molecule has 0 heterocycles. The molecule has 0 aliphatic carbocycles. The van der Waals surface area contributed by atoms with E-state index >= 15 is 0 Å². The molecule has 0 amide bonds. The minimum absolute atomic E-state index is 0.0456. The van der Waals surface area contributed by atoms with Crippen molar-refractivity contribution >= 4 is 0 Å². The Morgan fingerprint density at radius 3 is 1.59 bits per heavy atom. The smallest absolute Gasteiger partial charge is 0.286 e. The molecule has 2 unspecified atom stereocenters. The highest BCUT2D eigenvalue weighted by Crippen LogP contribution is 2.37. The van der Waals surface area contributed by atoms with Gasteiger partial charge in [0, 0.05) is 5.92 Å². The monoisotopic (exact) mass is 332 g/mol. The lowest BCUT2D eigenvalue weighted by molar-refractivity contribution is -0.136. The third-order valence-corrected chi connectivity index (χ3v) is 3.50. The Hall–Kier alpha value is -1.47. The van der Waals surface area contributed by atoms with Gasteiger partial charge in [-0.2, -0.15) is 8.78 Å². The summed E-state index contributed by atoms with van der Waals surface area (Å²) in [6, 6.07) is 0. The number of hydrogen-bond donors (Lipinski definition) is 0. The van der Waals surface area contributed by atoms with Gasteiger partial charge in [-0.1, -0.05) is 20.8 Å². The molecule has 0 saturated carbocycles. The van der Waals surface area contributed by atoms with E-state index in [-0.39, 0.29) is 12.8 Å². The van der Waals surface area contributed by atoms with Gasteiger partial charge in [-0.15, -0.1) is 0 Å². The average molecular weight is 332 g/mol. The number of alkyl halides is 2. The first-order valence-corrected chi connectivity index (χ1v) is 6.65. The highest BCUT2D eigenvalue weighted by Gasteiger charge is 2.46. The van der Waals surface area contributed by atoms with E-state index in [9.17, 15) is 30.7 Å². The molecular weight excluding hydrogens is 317 g/mol. The molecule has 8 heteroatoms. The Balaban J connectivity index is 3.28. The van der Waals surface area contributed by atoms with Crippen molar-refractivity contribution in [2.75, 3.05) is 0 Å². The van der Waals surface area contributed by atoms with E-state index in [0.29, 0.717) is 0 Å². The van der Waals surface area contributed by atoms with Crippen molar-refractivity contribution < 1.29 is 35.5 Å². The van der Waals surface area contributed by atoms with Crippen LogP contribution in [0.4, 0.5) is 30.7 Å². The van der Waals surface area contributed by atoms with Gasteiger partial charge in [-0.3, -0.25) is 0 Å². The van der Waals surface area contributed by atoms with Gasteiger partial charge in [0.1, 0.15) is 0 Å². The van der Waals surface area contributed by atoms with E-state index in [4.69, 9.17) is 0 Å². The summed E-state index contributed by atoms with van der Waals surface area (Å²) in [6.45, 7) is 3.93. The van der Waals surface area contributed by atoms with Gasteiger partial charge in [0.25, 0.3) is 5.92 Å². The summed E-state index contributed by atoms with van der Waals surface area (Å²) < 4.78 is 98.6. The standard InChI is InChI=1S/C14H15F7O/c1-4-6(3)14(20,21)7(5-2)22-13-11(18)9(16)8(15)10(17)12(13)19/h6-7H,4-5H2,1-3H3. The van der Waals surface area contributed by atoms with Crippen LogP contribution in [-0.4, -0.2) is 12.0 Å². The van der Waals surface area contributed by atoms with Crippen LogP contribution in [0.3, 0.4) is 0 Å². The molecule has 0 aromatic heterocycles. The molecule has 1 aromatic carbocycles. The quantitative estimate of drug-likeness (QED) is 0.394. The molecular formula is C14H15F7O. The summed E-state index contributed by atoms with van der Waals surface area (Å²) in [5.41, 5.74) is 0. The van der Waals surface area contributed by atoms with E-state index in [0.717, 1.165) is 0 Å². The Morgan fingerprint density at radius 2 is 1.23 bits per heavy atom. The van der Waals surface area contributed by atoms with Gasteiger partial charge in [-0.05, 0) is 12.8 Å². The summed E-state index contributed by atoms with van der Waals surface area (Å²) in [6.07, 6.45) is -2.35. The molecule has 0 bridgehead atoms. The second kappa shape index (κ2) is 6.75. The van der Waals surface area contributed by atoms with Crippen LogP contribution in [0.25, 0.3) is 0 Å². The minimum Gasteiger partial charge on any atom is -0.478 e. The van der Waals surface area contributed by atoms with Crippen molar-refractivity contribution in [2.24, 2.45) is 5.92 Å². The molecule has 0 N–H and O–H groups in total. The van der Waals surface area contributed by atoms with E-state index < -0.39 is 52.8 Å². The zero-order valence-electron chi connectivity index (χ0n) is 12.1. The summed E-state index contributed by atoms with van der Waals surface area (Å²) in [5.74, 6) is -17.8. The second-order valence-corrected chi connectivity index (χ2v) is 4.90. The molecule has 22 heavy (non-hydrogen) atoms. The fourth-order valence-corrected chi connectivity index (χ4v) is 1.85. The zero-order valence-corrected chi connectivity index (χ0v) is 12.1. The largest absolute Gasteiger partial charge is 0.478 e. The molecule has 0 aliphatic rings. The highest BCUT2D eigenvalue weighted by atomic mass is 19.3. The molecule has 0 aliphatic heterocycles. The molecule has 126 valence electrons. The number of halogens is 7. The Bertz CT molecular complexity index is 515. The lowest BCUT2D eigenvalue weighted by Gasteiger charge is -2.31. The van der Waals surface area contributed by atoms with Crippen LogP contribution in [-0.2, 0) is 0 Å². The first-order chi connectivity index (χ1) is 10.1. The highest BCUT2D eigenvalue weighted by molar-refractivity contribution is 5.30. The first-order valence-electron chi connectivity index (χ1n) is 6.65. The van der Waals surface area contributed by atoms with Gasteiger partial charge in [-0.25, -0.2) is 22.0 Å². The number of benzene rings is 1. The van der Waals surface area contributed by atoms with Crippen molar-refractivity contribution in [2.45, 2.75) is 45.6 Å². The van der Waals surface area contributed by atoms with Crippen molar-refractivity contribution in [1.29, 1.82) is 0 Å². The average Bonchev–Trinajstić information content (AvgIpc) is 2.50. The molecule has 0 fully saturated rings. The van der Waals surface area contributed by atoms with Crippen LogP contribution in [0.5, 0.6) is 5.75 Å². The zero-order chi connectivity index (χ0) is 17.2. The lowest BCUT2D eigenvalue weighted by Crippen LogP contribution is -2.43. The van der Waals surface area contributed by atoms with Crippen molar-refractivity contribution in [3.05, 3.63) is 29.1 Å². The SMILES string of the molecule is CCC(C)C(F)(F)C(CC)Oc1c(F)c(F)c(F)c(F)c1F. The molecule has 1 rings (SSSR count). The maximum atomic E-state index is 14.1. The van der Waals surface area contributed by atoms with Gasteiger partial charge in [0.15, 0.2) is 11.9 Å². The van der Waals surface area contributed by atoms with Crippen molar-refractivity contribution in [3.8, 4) is 5.75 Å². The van der Waals surface area contributed by atoms with Crippen LogP contribution in [0.2, 0.25) is 0 Å². The molecule has 2 atom stereocenters. The number of hydrogen-bond acceptors (Lipinski definition) is 1. The van der Waals surface area contributed by atoms with Crippen LogP contribution >= 0.6 is 0 Å². The normalized spacial score (nSPS) is 14.8. The van der Waals surface area contributed by atoms with Crippen LogP contribution in [0.1, 0.15) is 33.6 Å². The minimum atomic E-state index is -3.50. The lowest BCUT2D eigenvalue weighted by atomic mass is 9.94. The topological polar surface area (TPSA) is 9.23 Å². The molecule has 0 spiro atoms. The third kappa shape index (κ3) is 3.15. The van der Waals surface area contributed by atoms with E-state index in [1.807, 2.05) is 0 Å². The maximum absolute atomic E-state index is 14.1. The Morgan fingerprint density at radius 1 is 0.818 bits per heavy atom. The van der Waals surface area contributed by atoms with E-state index in [1.54, 1.807) is 0 Å². The van der Waals surface area contributed by atoms with E-state index in [2.05, 4.69) is 4.74 Å². The maximum Gasteiger partial charge on any atom is 0.286 e. The predicted molar refractivity (Wildman–Crippen MR) is 65.3 cm³/mol. The molecule has 0 saturated heterocycles. The van der Waals surface area contributed by atoms with Gasteiger partial charge in [0.2, 0.25) is 29.1 Å². The summed E-state index contributed by atoms with van der Waals surface area (Å²) in [4.78, 5) is 0. The third-order valence-electron chi connectivity index (χ3n) is 3.50. The Kier molecular flexibility index (Phi) is 5.70. The predicted octanol–water partition coefficient (Wildman–Crippen LogP) is 5.22. The second-order valence-electron chi connectivity index (χ2n) is 4.90. The molecule has 1 aromatic rings. The summed E-state index contributed by atoms with van der Waals surface area (Å²) >= 11 is 0. The molecule has 0 radical (unpaired) electrons. The first kappa shape index (κ1) is 18.6. The van der Waals surface area contributed by atoms with Crippen molar-refractivity contribution in [3.63, 3.8) is 0 Å². The van der Waals surface area contributed by atoms with Crippen LogP contribution in [0.15, 0.2) is 0 Å².